The van der Waals surface area contributed by atoms with Gasteiger partial charge in [-0.3, -0.25) is 9.59 Å². The second-order valence-electron chi connectivity index (χ2n) is 4.76. The van der Waals surface area contributed by atoms with Gasteiger partial charge in [0.05, 0.1) is 19.3 Å². The van der Waals surface area contributed by atoms with Crippen molar-refractivity contribution in [2.75, 3.05) is 19.8 Å². The molecule has 1 fully saturated rings. The van der Waals surface area contributed by atoms with E-state index in [1.165, 1.54) is 0 Å². The van der Waals surface area contributed by atoms with Gasteiger partial charge in [0.25, 0.3) is 5.91 Å². The predicted octanol–water partition coefficient (Wildman–Crippen LogP) is 0.0172. The standard InChI is InChI=1S/C14H18N2O4/c15-6-5-9-3-1-2-4-10(9)13(17)16-12-8-20-7-11(12)14(18)19/h1-4,11-12H,5-8,15H2,(H,16,17)(H,18,19). The monoisotopic (exact) mass is 278 g/mol. The lowest BCUT2D eigenvalue weighted by Gasteiger charge is -2.17. The highest BCUT2D eigenvalue weighted by Gasteiger charge is 2.35. The van der Waals surface area contributed by atoms with Crippen LogP contribution in [0.4, 0.5) is 0 Å². The van der Waals surface area contributed by atoms with Crippen LogP contribution in [0.3, 0.4) is 0 Å². The Morgan fingerprint density at radius 1 is 1.35 bits per heavy atom. The Bertz CT molecular complexity index is 504. The summed E-state index contributed by atoms with van der Waals surface area (Å²) in [5, 5.41) is 11.8. The zero-order chi connectivity index (χ0) is 14.5. The van der Waals surface area contributed by atoms with Gasteiger partial charge in [-0.2, -0.15) is 0 Å². The number of carboxylic acid groups (broad SMARTS) is 1. The zero-order valence-electron chi connectivity index (χ0n) is 11.0. The Labute approximate surface area is 116 Å². The van der Waals surface area contributed by atoms with Crippen LogP contribution in [-0.2, 0) is 16.0 Å². The highest BCUT2D eigenvalue weighted by molar-refractivity contribution is 5.96. The van der Waals surface area contributed by atoms with E-state index in [1.807, 2.05) is 12.1 Å². The van der Waals surface area contributed by atoms with Crippen molar-refractivity contribution < 1.29 is 19.4 Å². The Hall–Kier alpha value is -1.92. The number of nitrogens with two attached hydrogens (primary N) is 1. The molecule has 2 atom stereocenters. The zero-order valence-corrected chi connectivity index (χ0v) is 11.0. The summed E-state index contributed by atoms with van der Waals surface area (Å²) < 4.78 is 5.13. The smallest absolute Gasteiger partial charge is 0.311 e. The number of ether oxygens (including phenoxy) is 1. The molecule has 2 unspecified atom stereocenters. The third kappa shape index (κ3) is 3.15. The van der Waals surface area contributed by atoms with E-state index in [0.29, 0.717) is 18.5 Å². The second-order valence-corrected chi connectivity index (χ2v) is 4.76. The molecule has 1 saturated heterocycles. The maximum Gasteiger partial charge on any atom is 0.311 e. The Morgan fingerprint density at radius 3 is 2.80 bits per heavy atom. The van der Waals surface area contributed by atoms with Gasteiger partial charge in [-0.1, -0.05) is 18.2 Å². The first-order valence-corrected chi connectivity index (χ1v) is 6.53. The molecular formula is C14H18N2O4. The first-order valence-electron chi connectivity index (χ1n) is 6.53. The van der Waals surface area contributed by atoms with Crippen LogP contribution in [0, 0.1) is 5.92 Å². The molecule has 6 heteroatoms. The molecule has 1 aliphatic heterocycles. The van der Waals surface area contributed by atoms with Crippen LogP contribution in [0.1, 0.15) is 15.9 Å². The first-order chi connectivity index (χ1) is 9.63. The number of carbonyl (C=O) groups excluding carboxylic acids is 1. The van der Waals surface area contributed by atoms with E-state index in [9.17, 15) is 9.59 Å². The fraction of sp³-hybridized carbons (Fsp3) is 0.429. The quantitative estimate of drug-likeness (QED) is 0.704. The number of carbonyl (C=O) groups is 2. The lowest BCUT2D eigenvalue weighted by molar-refractivity contribution is -0.142. The van der Waals surface area contributed by atoms with Crippen LogP contribution in [0.2, 0.25) is 0 Å². The fourth-order valence-electron chi connectivity index (χ4n) is 2.30. The maximum atomic E-state index is 12.3. The molecule has 1 aromatic rings. The van der Waals surface area contributed by atoms with Gasteiger partial charge in [-0.25, -0.2) is 0 Å². The molecule has 4 N–H and O–H groups in total. The third-order valence-corrected chi connectivity index (χ3v) is 3.39. The number of nitrogens with one attached hydrogen (secondary N) is 1. The highest BCUT2D eigenvalue weighted by atomic mass is 16.5. The van der Waals surface area contributed by atoms with Gasteiger partial charge in [-0.15, -0.1) is 0 Å². The number of aliphatic carboxylic acids is 1. The molecule has 0 saturated carbocycles. The normalized spacial score (nSPS) is 21.6. The van der Waals surface area contributed by atoms with Gasteiger partial charge in [-0.05, 0) is 24.6 Å². The second kappa shape index (κ2) is 6.49. The van der Waals surface area contributed by atoms with Crippen LogP contribution >= 0.6 is 0 Å². The summed E-state index contributed by atoms with van der Waals surface area (Å²) in [6, 6.07) is 6.69. The van der Waals surface area contributed by atoms with E-state index >= 15 is 0 Å². The molecule has 0 radical (unpaired) electrons. The topological polar surface area (TPSA) is 102 Å². The van der Waals surface area contributed by atoms with E-state index < -0.39 is 17.9 Å². The Morgan fingerprint density at radius 2 is 2.10 bits per heavy atom. The van der Waals surface area contributed by atoms with Crippen molar-refractivity contribution in [1.82, 2.24) is 5.32 Å². The lowest BCUT2D eigenvalue weighted by Crippen LogP contribution is -2.43. The van der Waals surface area contributed by atoms with Crippen molar-refractivity contribution >= 4 is 11.9 Å². The minimum atomic E-state index is -0.956. The Kier molecular flexibility index (Phi) is 4.70. The van der Waals surface area contributed by atoms with Crippen molar-refractivity contribution in [3.8, 4) is 0 Å². The molecule has 0 aliphatic carbocycles. The highest BCUT2D eigenvalue weighted by Crippen LogP contribution is 2.16. The van der Waals surface area contributed by atoms with Crippen molar-refractivity contribution in [3.05, 3.63) is 35.4 Å². The van der Waals surface area contributed by atoms with Gasteiger partial charge in [0.15, 0.2) is 0 Å². The minimum absolute atomic E-state index is 0.130. The molecule has 0 aromatic heterocycles. The minimum Gasteiger partial charge on any atom is -0.481 e. The van der Waals surface area contributed by atoms with Crippen LogP contribution < -0.4 is 11.1 Å². The molecule has 0 bridgehead atoms. The van der Waals surface area contributed by atoms with Gasteiger partial charge in [0, 0.05) is 5.56 Å². The SMILES string of the molecule is NCCc1ccccc1C(=O)NC1COCC1C(=O)O. The summed E-state index contributed by atoms with van der Waals surface area (Å²) in [4.78, 5) is 23.3. The number of amides is 1. The molecule has 0 spiro atoms. The molecule has 108 valence electrons. The number of hydrogen-bond donors (Lipinski definition) is 3. The molecule has 1 amide bonds. The van der Waals surface area contributed by atoms with Crippen molar-refractivity contribution in [2.24, 2.45) is 11.7 Å². The third-order valence-electron chi connectivity index (χ3n) is 3.39. The van der Waals surface area contributed by atoms with Gasteiger partial charge < -0.3 is 20.9 Å². The van der Waals surface area contributed by atoms with Crippen molar-refractivity contribution in [1.29, 1.82) is 0 Å². The van der Waals surface area contributed by atoms with Crippen LogP contribution in [0.25, 0.3) is 0 Å². The molecule has 1 heterocycles. The summed E-state index contributed by atoms with van der Waals surface area (Å²) in [6.07, 6.45) is 0.604. The van der Waals surface area contributed by atoms with Crippen molar-refractivity contribution in [3.63, 3.8) is 0 Å². The largest absolute Gasteiger partial charge is 0.481 e. The summed E-state index contributed by atoms with van der Waals surface area (Å²) in [7, 11) is 0. The molecule has 6 nitrogen and oxygen atoms in total. The molecule has 2 rings (SSSR count). The van der Waals surface area contributed by atoms with Crippen LogP contribution in [0.5, 0.6) is 0 Å². The summed E-state index contributed by atoms with van der Waals surface area (Å²) >= 11 is 0. The molecule has 20 heavy (non-hydrogen) atoms. The van der Waals surface area contributed by atoms with Gasteiger partial charge >= 0.3 is 5.97 Å². The molecule has 1 aromatic carbocycles. The van der Waals surface area contributed by atoms with Gasteiger partial charge in [0.2, 0.25) is 0 Å². The average Bonchev–Trinajstić information content (AvgIpc) is 2.88. The molecule has 1 aliphatic rings. The Balaban J connectivity index is 2.10. The van der Waals surface area contributed by atoms with Crippen molar-refractivity contribution in [2.45, 2.75) is 12.5 Å². The summed E-state index contributed by atoms with van der Waals surface area (Å²) in [6.45, 7) is 0.807. The average molecular weight is 278 g/mol. The first kappa shape index (κ1) is 14.5. The van der Waals surface area contributed by atoms with Crippen LogP contribution in [-0.4, -0.2) is 42.8 Å². The predicted molar refractivity (Wildman–Crippen MR) is 72.4 cm³/mol. The van der Waals surface area contributed by atoms with E-state index in [-0.39, 0.29) is 19.1 Å². The lowest BCUT2D eigenvalue weighted by atomic mass is 10.0. The summed E-state index contributed by atoms with van der Waals surface area (Å²) in [5.74, 6) is -1.93. The van der Waals surface area contributed by atoms with E-state index in [1.54, 1.807) is 12.1 Å². The summed E-state index contributed by atoms with van der Waals surface area (Å²) in [5.41, 5.74) is 6.92. The number of hydrogen-bond acceptors (Lipinski definition) is 4. The number of benzene rings is 1. The van der Waals surface area contributed by atoms with E-state index in [0.717, 1.165) is 5.56 Å². The number of rotatable bonds is 5. The van der Waals surface area contributed by atoms with E-state index in [2.05, 4.69) is 5.32 Å². The fourth-order valence-corrected chi connectivity index (χ4v) is 2.30. The van der Waals surface area contributed by atoms with Gasteiger partial charge in [0.1, 0.15) is 5.92 Å². The number of carboxylic acids is 1. The van der Waals surface area contributed by atoms with Crippen LogP contribution in [0.15, 0.2) is 24.3 Å². The van der Waals surface area contributed by atoms with E-state index in [4.69, 9.17) is 15.6 Å². The maximum absolute atomic E-state index is 12.3. The molecular weight excluding hydrogens is 260 g/mol.